The lowest BCUT2D eigenvalue weighted by Crippen LogP contribution is -1.82. The molecular formula is C13H16. The lowest BCUT2D eigenvalue weighted by atomic mass is 10.1. The summed E-state index contributed by atoms with van der Waals surface area (Å²) in [5.41, 5.74) is 1.52. The van der Waals surface area contributed by atoms with Gasteiger partial charge in [-0.15, -0.1) is 6.58 Å². The van der Waals surface area contributed by atoms with Crippen molar-refractivity contribution in [2.75, 3.05) is 0 Å². The maximum absolute atomic E-state index is 3.76. The van der Waals surface area contributed by atoms with E-state index in [0.29, 0.717) is 0 Å². The Labute approximate surface area is 80.3 Å². The average molecular weight is 172 g/mol. The molecule has 1 saturated carbocycles. The van der Waals surface area contributed by atoms with Gasteiger partial charge in [0.2, 0.25) is 0 Å². The molecule has 0 amide bonds. The summed E-state index contributed by atoms with van der Waals surface area (Å²) in [7, 11) is 0. The molecule has 0 spiro atoms. The van der Waals surface area contributed by atoms with Crippen molar-refractivity contribution in [2.45, 2.75) is 25.2 Å². The van der Waals surface area contributed by atoms with Gasteiger partial charge < -0.3 is 0 Å². The Balaban J connectivity index is 1.89. The molecule has 2 atom stereocenters. The Morgan fingerprint density at radius 1 is 1.31 bits per heavy atom. The third kappa shape index (κ3) is 2.00. The molecule has 0 bridgehead atoms. The van der Waals surface area contributed by atoms with Gasteiger partial charge in [0.25, 0.3) is 0 Å². The fraction of sp³-hybridized carbons (Fsp3) is 0.385. The predicted octanol–water partition coefficient (Wildman–Crippen LogP) is 3.76. The lowest BCUT2D eigenvalue weighted by Gasteiger charge is -1.98. The van der Waals surface area contributed by atoms with Crippen LogP contribution in [0.2, 0.25) is 0 Å². The molecule has 0 heterocycles. The van der Waals surface area contributed by atoms with Crippen LogP contribution in [0.1, 0.15) is 30.7 Å². The van der Waals surface area contributed by atoms with E-state index in [1.807, 2.05) is 6.08 Å². The zero-order valence-electron chi connectivity index (χ0n) is 7.95. The third-order valence-corrected chi connectivity index (χ3v) is 2.89. The second kappa shape index (κ2) is 3.78. The van der Waals surface area contributed by atoms with Gasteiger partial charge in [0, 0.05) is 0 Å². The van der Waals surface area contributed by atoms with Crippen LogP contribution < -0.4 is 0 Å². The second-order valence-corrected chi connectivity index (χ2v) is 3.88. The SMILES string of the molecule is C=CCC[C@H]1C[C@@H]1c1ccccc1. The van der Waals surface area contributed by atoms with Gasteiger partial charge in [-0.2, -0.15) is 0 Å². The van der Waals surface area contributed by atoms with Gasteiger partial charge in [0.15, 0.2) is 0 Å². The van der Waals surface area contributed by atoms with Crippen LogP contribution in [0.5, 0.6) is 0 Å². The first kappa shape index (κ1) is 8.55. The number of hydrogen-bond donors (Lipinski definition) is 0. The first-order valence-electron chi connectivity index (χ1n) is 5.07. The van der Waals surface area contributed by atoms with Crippen molar-refractivity contribution in [3.05, 3.63) is 48.6 Å². The van der Waals surface area contributed by atoms with Crippen molar-refractivity contribution >= 4 is 0 Å². The number of benzene rings is 1. The first-order chi connectivity index (χ1) is 6.42. The molecule has 0 aliphatic heterocycles. The highest BCUT2D eigenvalue weighted by Gasteiger charge is 2.36. The molecule has 13 heavy (non-hydrogen) atoms. The normalized spacial score (nSPS) is 25.5. The fourth-order valence-electron chi connectivity index (χ4n) is 2.01. The molecule has 0 aromatic heterocycles. The molecule has 1 fully saturated rings. The summed E-state index contributed by atoms with van der Waals surface area (Å²) in [6, 6.07) is 10.9. The highest BCUT2D eigenvalue weighted by atomic mass is 14.4. The molecule has 0 nitrogen and oxygen atoms in total. The van der Waals surface area contributed by atoms with E-state index < -0.39 is 0 Å². The molecule has 0 N–H and O–H groups in total. The Bertz CT molecular complexity index is 273. The molecule has 0 saturated heterocycles. The minimum Gasteiger partial charge on any atom is -0.103 e. The molecule has 1 aromatic carbocycles. The molecule has 0 radical (unpaired) electrons. The summed E-state index contributed by atoms with van der Waals surface area (Å²) in [6.45, 7) is 3.76. The lowest BCUT2D eigenvalue weighted by molar-refractivity contribution is 0.717. The maximum atomic E-state index is 3.76. The topological polar surface area (TPSA) is 0 Å². The van der Waals surface area contributed by atoms with Crippen molar-refractivity contribution in [1.82, 2.24) is 0 Å². The highest BCUT2D eigenvalue weighted by Crippen LogP contribution is 2.49. The molecule has 1 aromatic rings. The standard InChI is InChI=1S/C13H16/c1-2-3-7-12-10-13(12)11-8-5-4-6-9-11/h2,4-6,8-9,12-13H,1,3,7,10H2/t12-,13+/m0/s1. The minimum absolute atomic E-state index is 0.848. The van der Waals surface area contributed by atoms with E-state index in [-0.39, 0.29) is 0 Å². The van der Waals surface area contributed by atoms with Crippen molar-refractivity contribution in [3.8, 4) is 0 Å². The van der Waals surface area contributed by atoms with Crippen LogP contribution in [0.15, 0.2) is 43.0 Å². The summed E-state index contributed by atoms with van der Waals surface area (Å²) in [5, 5.41) is 0. The molecule has 0 unspecified atom stereocenters. The average Bonchev–Trinajstić information content (AvgIpc) is 2.95. The molecule has 1 aliphatic carbocycles. The van der Waals surface area contributed by atoms with Gasteiger partial charge in [-0.05, 0) is 36.7 Å². The van der Waals surface area contributed by atoms with Crippen LogP contribution in [0.3, 0.4) is 0 Å². The highest BCUT2D eigenvalue weighted by molar-refractivity contribution is 5.25. The summed E-state index contributed by atoms with van der Waals surface area (Å²) < 4.78 is 0. The Hall–Kier alpha value is -1.04. The predicted molar refractivity (Wildman–Crippen MR) is 56.7 cm³/mol. The zero-order chi connectivity index (χ0) is 9.10. The van der Waals surface area contributed by atoms with Crippen LogP contribution in [-0.2, 0) is 0 Å². The largest absolute Gasteiger partial charge is 0.103 e. The first-order valence-corrected chi connectivity index (χ1v) is 5.07. The summed E-state index contributed by atoms with van der Waals surface area (Å²) in [5.74, 6) is 1.78. The van der Waals surface area contributed by atoms with Gasteiger partial charge in [0.1, 0.15) is 0 Å². The quantitative estimate of drug-likeness (QED) is 0.607. The summed E-state index contributed by atoms with van der Waals surface area (Å²) in [4.78, 5) is 0. The minimum atomic E-state index is 0.848. The summed E-state index contributed by atoms with van der Waals surface area (Å²) in [6.07, 6.45) is 5.91. The smallest absolute Gasteiger partial charge is 0.0130 e. The van der Waals surface area contributed by atoms with E-state index in [0.717, 1.165) is 11.8 Å². The van der Waals surface area contributed by atoms with E-state index in [1.54, 1.807) is 0 Å². The Morgan fingerprint density at radius 2 is 2.08 bits per heavy atom. The number of rotatable bonds is 4. The van der Waals surface area contributed by atoms with E-state index in [9.17, 15) is 0 Å². The van der Waals surface area contributed by atoms with Crippen LogP contribution in [0, 0.1) is 5.92 Å². The van der Waals surface area contributed by atoms with Gasteiger partial charge in [-0.3, -0.25) is 0 Å². The van der Waals surface area contributed by atoms with Crippen molar-refractivity contribution in [3.63, 3.8) is 0 Å². The Kier molecular flexibility index (Phi) is 2.49. The van der Waals surface area contributed by atoms with Gasteiger partial charge in [0.05, 0.1) is 0 Å². The fourth-order valence-corrected chi connectivity index (χ4v) is 2.01. The zero-order valence-corrected chi connectivity index (χ0v) is 7.95. The van der Waals surface area contributed by atoms with E-state index in [4.69, 9.17) is 0 Å². The van der Waals surface area contributed by atoms with Gasteiger partial charge in [-0.1, -0.05) is 36.4 Å². The Morgan fingerprint density at radius 3 is 2.77 bits per heavy atom. The third-order valence-electron chi connectivity index (χ3n) is 2.89. The van der Waals surface area contributed by atoms with E-state index in [1.165, 1.54) is 24.8 Å². The molecular weight excluding hydrogens is 156 g/mol. The van der Waals surface area contributed by atoms with Crippen molar-refractivity contribution in [1.29, 1.82) is 0 Å². The summed E-state index contributed by atoms with van der Waals surface area (Å²) >= 11 is 0. The van der Waals surface area contributed by atoms with Crippen LogP contribution >= 0.6 is 0 Å². The second-order valence-electron chi connectivity index (χ2n) is 3.88. The van der Waals surface area contributed by atoms with Crippen LogP contribution in [-0.4, -0.2) is 0 Å². The molecule has 68 valence electrons. The molecule has 2 rings (SSSR count). The van der Waals surface area contributed by atoms with Crippen LogP contribution in [0.25, 0.3) is 0 Å². The van der Waals surface area contributed by atoms with Crippen LogP contribution in [0.4, 0.5) is 0 Å². The van der Waals surface area contributed by atoms with Crippen molar-refractivity contribution in [2.24, 2.45) is 5.92 Å². The van der Waals surface area contributed by atoms with Gasteiger partial charge in [-0.25, -0.2) is 0 Å². The van der Waals surface area contributed by atoms with Crippen molar-refractivity contribution < 1.29 is 0 Å². The van der Waals surface area contributed by atoms with E-state index in [2.05, 4.69) is 36.9 Å². The van der Waals surface area contributed by atoms with E-state index >= 15 is 0 Å². The molecule has 0 heteroatoms. The van der Waals surface area contributed by atoms with Gasteiger partial charge >= 0.3 is 0 Å². The molecule has 1 aliphatic rings. The number of allylic oxidation sites excluding steroid dienone is 1. The maximum Gasteiger partial charge on any atom is -0.0130 e. The number of hydrogen-bond acceptors (Lipinski definition) is 0. The monoisotopic (exact) mass is 172 g/mol.